The number of carbonyl (C=O) groups excluding carboxylic acids is 1. The minimum atomic E-state index is -0.116. The van der Waals surface area contributed by atoms with Gasteiger partial charge in [0.05, 0.1) is 12.4 Å². The summed E-state index contributed by atoms with van der Waals surface area (Å²) in [6, 6.07) is 9.01. The standard InChI is InChI=1S/C11H10ClNO/c12-8-4-5-9-13-11(14)10-6-2-1-3-7-10/h1-3,6-7H,8-9H2,(H,13,14). The molecule has 0 radical (unpaired) electrons. The smallest absolute Gasteiger partial charge is 0.252 e. The van der Waals surface area contributed by atoms with Crippen molar-refractivity contribution in [3.8, 4) is 11.8 Å². The quantitative estimate of drug-likeness (QED) is 0.580. The number of halogens is 1. The molecule has 72 valence electrons. The molecule has 1 N–H and O–H groups in total. The van der Waals surface area contributed by atoms with E-state index in [1.165, 1.54) is 0 Å². The van der Waals surface area contributed by atoms with Gasteiger partial charge in [0.2, 0.25) is 0 Å². The van der Waals surface area contributed by atoms with Gasteiger partial charge in [-0.1, -0.05) is 30.0 Å². The van der Waals surface area contributed by atoms with Gasteiger partial charge < -0.3 is 5.32 Å². The van der Waals surface area contributed by atoms with E-state index in [9.17, 15) is 4.79 Å². The summed E-state index contributed by atoms with van der Waals surface area (Å²) in [5.41, 5.74) is 0.639. The maximum Gasteiger partial charge on any atom is 0.252 e. The Labute approximate surface area is 88.3 Å². The van der Waals surface area contributed by atoms with Gasteiger partial charge in [-0.25, -0.2) is 0 Å². The number of carbonyl (C=O) groups is 1. The lowest BCUT2D eigenvalue weighted by Crippen LogP contribution is -2.23. The highest BCUT2D eigenvalue weighted by atomic mass is 35.5. The maximum absolute atomic E-state index is 11.4. The van der Waals surface area contributed by atoms with E-state index in [1.807, 2.05) is 18.2 Å². The Kier molecular flexibility index (Phi) is 4.60. The second kappa shape index (κ2) is 6.06. The van der Waals surface area contributed by atoms with Crippen LogP contribution in [0.2, 0.25) is 0 Å². The van der Waals surface area contributed by atoms with E-state index in [2.05, 4.69) is 17.2 Å². The van der Waals surface area contributed by atoms with Crippen LogP contribution in [0.25, 0.3) is 0 Å². The molecule has 1 aromatic rings. The normalized spacial score (nSPS) is 8.64. The molecule has 3 heteroatoms. The zero-order chi connectivity index (χ0) is 10.2. The maximum atomic E-state index is 11.4. The summed E-state index contributed by atoms with van der Waals surface area (Å²) in [7, 11) is 0. The minimum Gasteiger partial charge on any atom is -0.341 e. The topological polar surface area (TPSA) is 29.1 Å². The van der Waals surface area contributed by atoms with E-state index in [-0.39, 0.29) is 5.91 Å². The molecule has 0 aromatic heterocycles. The molecule has 0 saturated heterocycles. The number of benzene rings is 1. The number of alkyl halides is 1. The Hall–Kier alpha value is -1.46. The fraction of sp³-hybridized carbons (Fsp3) is 0.182. The van der Waals surface area contributed by atoms with Crippen molar-refractivity contribution in [1.29, 1.82) is 0 Å². The van der Waals surface area contributed by atoms with E-state index in [0.717, 1.165) is 0 Å². The van der Waals surface area contributed by atoms with Crippen molar-refractivity contribution in [3.05, 3.63) is 35.9 Å². The average molecular weight is 208 g/mol. The molecule has 2 nitrogen and oxygen atoms in total. The van der Waals surface area contributed by atoms with E-state index in [1.54, 1.807) is 12.1 Å². The Bertz CT molecular complexity index is 351. The van der Waals surface area contributed by atoms with Gasteiger partial charge in [-0.15, -0.1) is 11.6 Å². The lowest BCUT2D eigenvalue weighted by molar-refractivity contribution is 0.0958. The first-order valence-electron chi connectivity index (χ1n) is 4.19. The Morgan fingerprint density at radius 1 is 1.29 bits per heavy atom. The highest BCUT2D eigenvalue weighted by Gasteiger charge is 2.00. The van der Waals surface area contributed by atoms with Gasteiger partial charge >= 0.3 is 0 Å². The zero-order valence-corrected chi connectivity index (χ0v) is 8.34. The van der Waals surface area contributed by atoms with E-state index >= 15 is 0 Å². The van der Waals surface area contributed by atoms with Crippen molar-refractivity contribution in [2.75, 3.05) is 12.4 Å². The second-order valence-corrected chi connectivity index (χ2v) is 2.80. The fourth-order valence-electron chi connectivity index (χ4n) is 0.926. The number of hydrogen-bond donors (Lipinski definition) is 1. The molecule has 0 aliphatic carbocycles. The van der Waals surface area contributed by atoms with Crippen molar-refractivity contribution in [2.45, 2.75) is 0 Å². The molecule has 1 aromatic carbocycles. The van der Waals surface area contributed by atoms with Crippen LogP contribution in [-0.4, -0.2) is 18.3 Å². The molecule has 0 bridgehead atoms. The highest BCUT2D eigenvalue weighted by Crippen LogP contribution is 1.96. The number of rotatable bonds is 2. The Balaban J connectivity index is 2.44. The van der Waals surface area contributed by atoms with Gasteiger partial charge in [0, 0.05) is 5.56 Å². The van der Waals surface area contributed by atoms with Gasteiger partial charge in [-0.2, -0.15) is 0 Å². The first kappa shape index (κ1) is 10.6. The van der Waals surface area contributed by atoms with Crippen molar-refractivity contribution >= 4 is 17.5 Å². The van der Waals surface area contributed by atoms with Crippen LogP contribution in [0, 0.1) is 11.8 Å². The van der Waals surface area contributed by atoms with Crippen molar-refractivity contribution in [3.63, 3.8) is 0 Å². The Morgan fingerprint density at radius 2 is 2.00 bits per heavy atom. The largest absolute Gasteiger partial charge is 0.341 e. The summed E-state index contributed by atoms with van der Waals surface area (Å²) < 4.78 is 0. The minimum absolute atomic E-state index is 0.116. The van der Waals surface area contributed by atoms with Gasteiger partial charge in [0.1, 0.15) is 0 Å². The van der Waals surface area contributed by atoms with Crippen molar-refractivity contribution in [2.24, 2.45) is 0 Å². The van der Waals surface area contributed by atoms with Crippen LogP contribution in [0.4, 0.5) is 0 Å². The van der Waals surface area contributed by atoms with Crippen LogP contribution in [-0.2, 0) is 0 Å². The van der Waals surface area contributed by atoms with E-state index < -0.39 is 0 Å². The molecule has 0 atom stereocenters. The van der Waals surface area contributed by atoms with Crippen LogP contribution in [0.15, 0.2) is 30.3 Å². The first-order chi connectivity index (χ1) is 6.84. The third kappa shape index (κ3) is 3.51. The summed E-state index contributed by atoms with van der Waals surface area (Å²) in [6.45, 7) is 0.334. The number of nitrogens with one attached hydrogen (secondary N) is 1. The lowest BCUT2D eigenvalue weighted by Gasteiger charge is -1.99. The second-order valence-electron chi connectivity index (χ2n) is 2.54. The summed E-state index contributed by atoms with van der Waals surface area (Å²) in [4.78, 5) is 11.4. The predicted octanol–water partition coefficient (Wildman–Crippen LogP) is 1.66. The molecule has 0 unspecified atom stereocenters. The molecular formula is C11H10ClNO. The summed E-state index contributed by atoms with van der Waals surface area (Å²) in [5, 5.41) is 2.66. The summed E-state index contributed by atoms with van der Waals surface area (Å²) in [5.74, 6) is 5.55. The van der Waals surface area contributed by atoms with Crippen molar-refractivity contribution < 1.29 is 4.79 Å². The third-order valence-corrected chi connectivity index (χ3v) is 1.70. The van der Waals surface area contributed by atoms with Gasteiger partial charge in [-0.05, 0) is 12.1 Å². The Morgan fingerprint density at radius 3 is 2.64 bits per heavy atom. The molecule has 0 saturated carbocycles. The van der Waals surface area contributed by atoms with Gasteiger partial charge in [0.15, 0.2) is 0 Å². The van der Waals surface area contributed by atoms with Gasteiger partial charge in [-0.3, -0.25) is 4.79 Å². The van der Waals surface area contributed by atoms with Crippen LogP contribution in [0.3, 0.4) is 0 Å². The van der Waals surface area contributed by atoms with E-state index in [4.69, 9.17) is 11.6 Å². The fourth-order valence-corrected chi connectivity index (χ4v) is 1.02. The van der Waals surface area contributed by atoms with Crippen LogP contribution < -0.4 is 5.32 Å². The number of hydrogen-bond acceptors (Lipinski definition) is 1. The molecule has 0 fully saturated rings. The predicted molar refractivity (Wildman–Crippen MR) is 57.3 cm³/mol. The molecule has 14 heavy (non-hydrogen) atoms. The first-order valence-corrected chi connectivity index (χ1v) is 4.73. The van der Waals surface area contributed by atoms with Crippen molar-refractivity contribution in [1.82, 2.24) is 5.32 Å². The zero-order valence-electron chi connectivity index (χ0n) is 7.59. The SMILES string of the molecule is O=C(NCC#CCCl)c1ccccc1. The molecular weight excluding hydrogens is 198 g/mol. The van der Waals surface area contributed by atoms with Crippen LogP contribution in [0.1, 0.15) is 10.4 Å². The summed E-state index contributed by atoms with van der Waals surface area (Å²) >= 11 is 5.35. The number of amides is 1. The van der Waals surface area contributed by atoms with Gasteiger partial charge in [0.25, 0.3) is 5.91 Å². The lowest BCUT2D eigenvalue weighted by atomic mass is 10.2. The summed E-state index contributed by atoms with van der Waals surface area (Å²) in [6.07, 6.45) is 0. The highest BCUT2D eigenvalue weighted by molar-refractivity contribution is 6.19. The monoisotopic (exact) mass is 207 g/mol. The molecule has 1 rings (SSSR count). The van der Waals surface area contributed by atoms with E-state index in [0.29, 0.717) is 18.0 Å². The molecule has 0 aliphatic rings. The molecule has 0 spiro atoms. The molecule has 1 amide bonds. The third-order valence-electron chi connectivity index (χ3n) is 1.57. The van der Waals surface area contributed by atoms with Crippen LogP contribution in [0.5, 0.6) is 0 Å². The molecule has 0 heterocycles. The van der Waals surface area contributed by atoms with Crippen LogP contribution >= 0.6 is 11.6 Å². The average Bonchev–Trinajstić information content (AvgIpc) is 2.25. The molecule has 0 aliphatic heterocycles.